The van der Waals surface area contributed by atoms with E-state index in [4.69, 9.17) is 27.9 Å². The van der Waals surface area contributed by atoms with Gasteiger partial charge in [0.25, 0.3) is 5.91 Å². The van der Waals surface area contributed by atoms with Crippen LogP contribution in [0.3, 0.4) is 0 Å². The molecule has 2 amide bonds. The van der Waals surface area contributed by atoms with Gasteiger partial charge in [-0.25, -0.2) is 9.99 Å². The average molecular weight is 515 g/mol. The number of carbonyl (C=O) groups is 2. The molecule has 3 N–H and O–H groups in total. The van der Waals surface area contributed by atoms with Gasteiger partial charge in [-0.1, -0.05) is 23.2 Å². The number of ether oxygens (including phenoxy) is 1. The number of piperidine rings is 1. The summed E-state index contributed by atoms with van der Waals surface area (Å²) >= 11 is 12.0. The molecule has 0 bridgehead atoms. The number of carbonyl (C=O) groups excluding carboxylic acids is 2. The van der Waals surface area contributed by atoms with E-state index in [1.807, 2.05) is 18.2 Å². The monoisotopic (exact) mass is 514 g/mol. The number of rotatable bonds is 4. The number of hydrogen-bond donors (Lipinski definition) is 3. The molecule has 3 heterocycles. The van der Waals surface area contributed by atoms with Crippen molar-refractivity contribution < 1.29 is 19.4 Å². The van der Waals surface area contributed by atoms with Crippen molar-refractivity contribution in [3.8, 4) is 5.75 Å². The molecule has 0 unspecified atom stereocenters. The van der Waals surface area contributed by atoms with Gasteiger partial charge in [-0.3, -0.25) is 15.0 Å². The molecule has 3 aromatic rings. The molecule has 0 spiro atoms. The van der Waals surface area contributed by atoms with Crippen molar-refractivity contribution in [1.82, 2.24) is 15.4 Å². The van der Waals surface area contributed by atoms with Gasteiger partial charge >= 0.3 is 0 Å². The molecular weight excluding hydrogens is 491 g/mol. The van der Waals surface area contributed by atoms with Crippen molar-refractivity contribution in [3.63, 3.8) is 0 Å². The average Bonchev–Trinajstić information content (AvgIpc) is 2.85. The topological polar surface area (TPSA) is 104 Å². The molecule has 2 aromatic carbocycles. The minimum absolute atomic E-state index is 0.0919. The fourth-order valence-electron chi connectivity index (χ4n) is 4.45. The van der Waals surface area contributed by atoms with Crippen LogP contribution < -0.4 is 15.5 Å². The van der Waals surface area contributed by atoms with E-state index >= 15 is 0 Å². The molecule has 1 aromatic heterocycles. The van der Waals surface area contributed by atoms with Gasteiger partial charge in [-0.15, -0.1) is 0 Å². The summed E-state index contributed by atoms with van der Waals surface area (Å²) in [5.41, 5.74) is 4.20. The van der Waals surface area contributed by atoms with E-state index in [1.165, 1.54) is 0 Å². The number of hydrazine groups is 1. The molecule has 0 radical (unpaired) electrons. The second-order valence-corrected chi connectivity index (χ2v) is 9.67. The molecule has 2 atom stereocenters. The van der Waals surface area contributed by atoms with Crippen molar-refractivity contribution in [3.05, 3.63) is 64.1 Å². The van der Waals surface area contributed by atoms with Crippen LogP contribution in [-0.2, 0) is 9.59 Å². The summed E-state index contributed by atoms with van der Waals surface area (Å²) in [7, 11) is 0. The summed E-state index contributed by atoms with van der Waals surface area (Å²) in [6.07, 6.45) is -0.324. The van der Waals surface area contributed by atoms with E-state index in [2.05, 4.69) is 15.7 Å². The minimum atomic E-state index is -0.830. The molecule has 182 valence electrons. The molecule has 2 aliphatic rings. The number of fused-ring (bicyclic) bond motifs is 2. The highest BCUT2D eigenvalue weighted by molar-refractivity contribution is 6.31. The molecule has 1 saturated heterocycles. The van der Waals surface area contributed by atoms with Crippen LogP contribution in [-0.4, -0.2) is 46.1 Å². The standard InChI is InChI=1S/C25H24Cl2N4O4/c26-16-2-4-19-15(11-16)1-6-23(28-19)29-24(33)14-7-9-31(10-8-14)30-25(34)22-13-20(32)18-12-17(27)3-5-21(18)35-22/h1-6,11-12,14,20,22,32H,7-10,13H2,(H,30,34)(H,28,29,33)/t20-,22-/m1/s1. The predicted octanol–water partition coefficient (Wildman–Crippen LogP) is 4.11. The van der Waals surface area contributed by atoms with Gasteiger partial charge in [0.05, 0.1) is 11.6 Å². The van der Waals surface area contributed by atoms with Gasteiger partial charge in [-0.2, -0.15) is 0 Å². The highest BCUT2D eigenvalue weighted by Crippen LogP contribution is 2.36. The molecule has 10 heteroatoms. The van der Waals surface area contributed by atoms with E-state index in [-0.39, 0.29) is 24.2 Å². The van der Waals surface area contributed by atoms with Crippen LogP contribution in [0.5, 0.6) is 5.75 Å². The maximum absolute atomic E-state index is 12.8. The lowest BCUT2D eigenvalue weighted by Gasteiger charge is -2.34. The third-order valence-electron chi connectivity index (χ3n) is 6.37. The zero-order valence-electron chi connectivity index (χ0n) is 18.7. The molecule has 5 rings (SSSR count). The lowest BCUT2D eigenvalue weighted by molar-refractivity contribution is -0.136. The highest BCUT2D eigenvalue weighted by atomic mass is 35.5. The summed E-state index contributed by atoms with van der Waals surface area (Å²) in [5, 5.41) is 17.1. The van der Waals surface area contributed by atoms with Gasteiger partial charge in [0, 0.05) is 46.4 Å². The Bertz CT molecular complexity index is 1280. The van der Waals surface area contributed by atoms with Crippen LogP contribution in [0.4, 0.5) is 5.82 Å². The van der Waals surface area contributed by atoms with E-state index in [9.17, 15) is 14.7 Å². The van der Waals surface area contributed by atoms with Crippen LogP contribution >= 0.6 is 23.2 Å². The molecule has 0 aliphatic carbocycles. The predicted molar refractivity (Wildman–Crippen MR) is 133 cm³/mol. The first kappa shape index (κ1) is 23.8. The first-order valence-corrected chi connectivity index (χ1v) is 12.2. The third-order valence-corrected chi connectivity index (χ3v) is 6.84. The maximum atomic E-state index is 12.8. The first-order chi connectivity index (χ1) is 16.9. The van der Waals surface area contributed by atoms with Gasteiger partial charge in [0.2, 0.25) is 5.91 Å². The van der Waals surface area contributed by atoms with Crippen LogP contribution in [0.1, 0.15) is 30.9 Å². The lowest BCUT2D eigenvalue weighted by atomic mass is 9.96. The number of amides is 2. The Kier molecular flexibility index (Phi) is 6.80. The van der Waals surface area contributed by atoms with E-state index in [1.54, 1.807) is 35.3 Å². The Hall–Kier alpha value is -2.91. The zero-order valence-corrected chi connectivity index (χ0v) is 20.2. The number of nitrogens with zero attached hydrogens (tertiary/aromatic N) is 2. The summed E-state index contributed by atoms with van der Waals surface area (Å²) in [6.45, 7) is 1.05. The van der Waals surface area contributed by atoms with Crippen LogP contribution in [0.2, 0.25) is 10.0 Å². The number of aromatic nitrogens is 1. The van der Waals surface area contributed by atoms with E-state index in [0.717, 1.165) is 10.9 Å². The summed E-state index contributed by atoms with van der Waals surface area (Å²) in [5.74, 6) is 0.346. The molecule has 1 fully saturated rings. The summed E-state index contributed by atoms with van der Waals surface area (Å²) in [6, 6.07) is 14.0. The number of hydrogen-bond acceptors (Lipinski definition) is 6. The number of aliphatic hydroxyl groups excluding tert-OH is 1. The van der Waals surface area contributed by atoms with Crippen LogP contribution in [0.15, 0.2) is 48.5 Å². The minimum Gasteiger partial charge on any atom is -0.480 e. The normalized spacial score (nSPS) is 20.7. The van der Waals surface area contributed by atoms with E-state index in [0.29, 0.717) is 53.1 Å². The Morgan fingerprint density at radius 3 is 2.54 bits per heavy atom. The van der Waals surface area contributed by atoms with Crippen LogP contribution in [0.25, 0.3) is 10.9 Å². The number of aliphatic hydroxyl groups is 1. The van der Waals surface area contributed by atoms with Gasteiger partial charge in [0.15, 0.2) is 6.10 Å². The Morgan fingerprint density at radius 2 is 1.74 bits per heavy atom. The van der Waals surface area contributed by atoms with Crippen molar-refractivity contribution in [2.24, 2.45) is 5.92 Å². The van der Waals surface area contributed by atoms with Gasteiger partial charge in [-0.05, 0) is 61.4 Å². The van der Waals surface area contributed by atoms with Crippen molar-refractivity contribution in [2.75, 3.05) is 18.4 Å². The summed E-state index contributed by atoms with van der Waals surface area (Å²) in [4.78, 5) is 30.0. The smallest absolute Gasteiger partial charge is 0.275 e. The molecule has 0 saturated carbocycles. The number of benzene rings is 2. The Labute approximate surface area is 212 Å². The lowest BCUT2D eigenvalue weighted by Crippen LogP contribution is -2.52. The molecule has 35 heavy (non-hydrogen) atoms. The third kappa shape index (κ3) is 5.36. The Balaban J connectivity index is 1.13. The quantitative estimate of drug-likeness (QED) is 0.484. The van der Waals surface area contributed by atoms with Crippen molar-refractivity contribution in [1.29, 1.82) is 0 Å². The SMILES string of the molecule is O=C(Nc1ccc2cc(Cl)ccc2n1)C1CCN(NC(=O)[C@H]2C[C@@H](O)c3cc(Cl)ccc3O2)CC1. The van der Waals surface area contributed by atoms with Crippen LogP contribution in [0, 0.1) is 5.92 Å². The highest BCUT2D eigenvalue weighted by Gasteiger charge is 2.34. The Morgan fingerprint density at radius 1 is 1.00 bits per heavy atom. The van der Waals surface area contributed by atoms with Gasteiger partial charge < -0.3 is 15.2 Å². The van der Waals surface area contributed by atoms with Crippen molar-refractivity contribution >= 4 is 51.7 Å². The number of pyridine rings is 1. The largest absolute Gasteiger partial charge is 0.480 e. The second-order valence-electron chi connectivity index (χ2n) is 8.80. The summed E-state index contributed by atoms with van der Waals surface area (Å²) < 4.78 is 5.79. The van der Waals surface area contributed by atoms with Gasteiger partial charge in [0.1, 0.15) is 11.6 Å². The van der Waals surface area contributed by atoms with Crippen molar-refractivity contribution in [2.45, 2.75) is 31.5 Å². The van der Waals surface area contributed by atoms with E-state index < -0.39 is 12.2 Å². The number of nitrogens with one attached hydrogen (secondary N) is 2. The second kappa shape index (κ2) is 9.99. The molecular formula is C25H24Cl2N4O4. The number of anilines is 1. The first-order valence-electron chi connectivity index (χ1n) is 11.4. The zero-order chi connectivity index (χ0) is 24.5. The maximum Gasteiger partial charge on any atom is 0.275 e. The molecule has 8 nitrogen and oxygen atoms in total. The number of halogens is 2. The molecule has 2 aliphatic heterocycles. The fraction of sp³-hybridized carbons (Fsp3) is 0.320. The fourth-order valence-corrected chi connectivity index (χ4v) is 4.82.